The number of carbonyl (C=O) groups excluding carboxylic acids is 1. The molecule has 2 rings (SSSR count). The lowest BCUT2D eigenvalue weighted by Crippen LogP contribution is -2.43. The van der Waals surface area contributed by atoms with Crippen molar-refractivity contribution in [2.75, 3.05) is 18.6 Å². The molecule has 0 unspecified atom stereocenters. The van der Waals surface area contributed by atoms with Crippen molar-refractivity contribution in [2.45, 2.75) is 45.1 Å². The molecule has 1 amide bonds. The SMILES string of the molecule is Cc1ccc(C(=O)N(CCO)C2CCCCC2)c(NN)c1. The lowest BCUT2D eigenvalue weighted by Gasteiger charge is -2.34. The van der Waals surface area contributed by atoms with E-state index in [1.807, 2.05) is 24.0 Å². The highest BCUT2D eigenvalue weighted by Gasteiger charge is 2.27. The van der Waals surface area contributed by atoms with Gasteiger partial charge in [0.25, 0.3) is 5.91 Å². The van der Waals surface area contributed by atoms with E-state index in [2.05, 4.69) is 5.43 Å². The van der Waals surface area contributed by atoms with E-state index >= 15 is 0 Å². The van der Waals surface area contributed by atoms with Gasteiger partial charge in [0.1, 0.15) is 0 Å². The first kappa shape index (κ1) is 15.8. The molecule has 1 saturated carbocycles. The zero-order chi connectivity index (χ0) is 15.2. The lowest BCUT2D eigenvalue weighted by molar-refractivity contribution is 0.0586. The first-order chi connectivity index (χ1) is 10.2. The van der Waals surface area contributed by atoms with Crippen LogP contribution in [0.15, 0.2) is 18.2 Å². The van der Waals surface area contributed by atoms with Gasteiger partial charge in [0.05, 0.1) is 17.9 Å². The molecule has 5 heteroatoms. The number of hydrogen-bond donors (Lipinski definition) is 3. The third-order valence-electron chi connectivity index (χ3n) is 4.18. The number of aliphatic hydroxyl groups excluding tert-OH is 1. The Kier molecular flexibility index (Phi) is 5.59. The molecule has 1 aliphatic rings. The molecule has 0 atom stereocenters. The third-order valence-corrected chi connectivity index (χ3v) is 4.18. The Bertz CT molecular complexity index is 484. The summed E-state index contributed by atoms with van der Waals surface area (Å²) in [6.45, 7) is 2.32. The molecule has 0 heterocycles. The Balaban J connectivity index is 2.25. The number of amides is 1. The van der Waals surface area contributed by atoms with Crippen molar-refractivity contribution in [3.63, 3.8) is 0 Å². The van der Waals surface area contributed by atoms with Crippen molar-refractivity contribution >= 4 is 11.6 Å². The van der Waals surface area contributed by atoms with E-state index in [1.165, 1.54) is 6.42 Å². The maximum Gasteiger partial charge on any atom is 0.256 e. The molecule has 21 heavy (non-hydrogen) atoms. The molecule has 1 fully saturated rings. The third kappa shape index (κ3) is 3.74. The number of nitrogens with one attached hydrogen (secondary N) is 1. The Morgan fingerprint density at radius 3 is 2.71 bits per heavy atom. The number of benzene rings is 1. The minimum atomic E-state index is -0.0519. The number of nitrogens with zero attached hydrogens (tertiary/aromatic N) is 1. The van der Waals surface area contributed by atoms with Gasteiger partial charge >= 0.3 is 0 Å². The van der Waals surface area contributed by atoms with Crippen molar-refractivity contribution in [1.29, 1.82) is 0 Å². The summed E-state index contributed by atoms with van der Waals surface area (Å²) in [5, 5.41) is 9.30. The van der Waals surface area contributed by atoms with Crippen LogP contribution in [0.5, 0.6) is 0 Å². The monoisotopic (exact) mass is 291 g/mol. The molecule has 0 radical (unpaired) electrons. The van der Waals surface area contributed by atoms with E-state index in [4.69, 9.17) is 5.84 Å². The zero-order valence-electron chi connectivity index (χ0n) is 12.6. The highest BCUT2D eigenvalue weighted by atomic mass is 16.3. The number of nitrogen functional groups attached to an aromatic ring is 1. The van der Waals surface area contributed by atoms with E-state index < -0.39 is 0 Å². The molecule has 0 bridgehead atoms. The number of aliphatic hydroxyl groups is 1. The number of anilines is 1. The second-order valence-electron chi connectivity index (χ2n) is 5.71. The molecule has 0 aliphatic heterocycles. The average Bonchev–Trinajstić information content (AvgIpc) is 2.52. The van der Waals surface area contributed by atoms with Crippen LogP contribution in [0.2, 0.25) is 0 Å². The van der Waals surface area contributed by atoms with Crippen LogP contribution in [0.4, 0.5) is 5.69 Å². The zero-order valence-corrected chi connectivity index (χ0v) is 12.6. The van der Waals surface area contributed by atoms with Crippen LogP contribution in [0.3, 0.4) is 0 Å². The van der Waals surface area contributed by atoms with E-state index in [1.54, 1.807) is 6.07 Å². The predicted molar refractivity (Wildman–Crippen MR) is 84.0 cm³/mol. The van der Waals surface area contributed by atoms with Gasteiger partial charge in [-0.1, -0.05) is 25.3 Å². The van der Waals surface area contributed by atoms with Crippen LogP contribution in [0.1, 0.15) is 48.0 Å². The fourth-order valence-corrected chi connectivity index (χ4v) is 3.07. The molecule has 116 valence electrons. The van der Waals surface area contributed by atoms with Gasteiger partial charge in [-0.2, -0.15) is 0 Å². The van der Waals surface area contributed by atoms with Gasteiger partial charge in [0.2, 0.25) is 0 Å². The number of hydrogen-bond acceptors (Lipinski definition) is 4. The van der Waals surface area contributed by atoms with Crippen LogP contribution in [-0.4, -0.2) is 35.1 Å². The average molecular weight is 291 g/mol. The van der Waals surface area contributed by atoms with Gasteiger partial charge in [-0.15, -0.1) is 0 Å². The van der Waals surface area contributed by atoms with Crippen LogP contribution in [0, 0.1) is 6.92 Å². The molecule has 1 aliphatic carbocycles. The van der Waals surface area contributed by atoms with Crippen molar-refractivity contribution in [3.8, 4) is 0 Å². The highest BCUT2D eigenvalue weighted by molar-refractivity contribution is 5.99. The summed E-state index contributed by atoms with van der Waals surface area (Å²) in [5.74, 6) is 5.49. The molecule has 0 spiro atoms. The molecular formula is C16H25N3O2. The number of carbonyl (C=O) groups is 1. The molecule has 1 aromatic rings. The van der Waals surface area contributed by atoms with E-state index in [9.17, 15) is 9.90 Å². The first-order valence-corrected chi connectivity index (χ1v) is 7.66. The Hall–Kier alpha value is -1.59. The van der Waals surface area contributed by atoms with Gasteiger partial charge in [-0.25, -0.2) is 0 Å². The minimum absolute atomic E-state index is 0.0144. The Labute approximate surface area is 126 Å². The summed E-state index contributed by atoms with van der Waals surface area (Å²) in [6.07, 6.45) is 5.56. The van der Waals surface area contributed by atoms with Crippen LogP contribution in [0.25, 0.3) is 0 Å². The van der Waals surface area contributed by atoms with Crippen LogP contribution in [-0.2, 0) is 0 Å². The largest absolute Gasteiger partial charge is 0.395 e. The second kappa shape index (κ2) is 7.43. The number of hydrazine groups is 1. The summed E-state index contributed by atoms with van der Waals surface area (Å²) < 4.78 is 0. The molecule has 1 aromatic carbocycles. The van der Waals surface area contributed by atoms with Gasteiger partial charge in [0, 0.05) is 12.6 Å². The molecule has 5 nitrogen and oxygen atoms in total. The fourth-order valence-electron chi connectivity index (χ4n) is 3.07. The predicted octanol–water partition coefficient (Wildman–Crippen LogP) is 2.05. The fraction of sp³-hybridized carbons (Fsp3) is 0.562. The number of nitrogens with two attached hydrogens (primary N) is 1. The quantitative estimate of drug-likeness (QED) is 0.573. The lowest BCUT2D eigenvalue weighted by atomic mass is 9.93. The Morgan fingerprint density at radius 2 is 2.10 bits per heavy atom. The van der Waals surface area contributed by atoms with Crippen molar-refractivity contribution < 1.29 is 9.90 Å². The van der Waals surface area contributed by atoms with Gasteiger partial charge in [-0.3, -0.25) is 10.6 Å². The number of aryl methyl sites for hydroxylation is 1. The molecule has 0 saturated heterocycles. The summed E-state index contributed by atoms with van der Waals surface area (Å²) >= 11 is 0. The van der Waals surface area contributed by atoms with Crippen molar-refractivity contribution in [2.24, 2.45) is 5.84 Å². The second-order valence-corrected chi connectivity index (χ2v) is 5.71. The maximum atomic E-state index is 12.8. The van der Waals surface area contributed by atoms with Gasteiger partial charge < -0.3 is 15.4 Å². The Morgan fingerprint density at radius 1 is 1.38 bits per heavy atom. The van der Waals surface area contributed by atoms with Crippen molar-refractivity contribution in [1.82, 2.24) is 4.90 Å². The normalized spacial score (nSPS) is 15.8. The van der Waals surface area contributed by atoms with E-state index in [-0.39, 0.29) is 18.6 Å². The minimum Gasteiger partial charge on any atom is -0.395 e. The summed E-state index contributed by atoms with van der Waals surface area (Å²) in [5.41, 5.74) is 4.86. The smallest absolute Gasteiger partial charge is 0.256 e. The summed E-state index contributed by atoms with van der Waals surface area (Å²) in [4.78, 5) is 14.7. The topological polar surface area (TPSA) is 78.6 Å². The van der Waals surface area contributed by atoms with Gasteiger partial charge in [0.15, 0.2) is 0 Å². The maximum absolute atomic E-state index is 12.8. The van der Waals surface area contributed by atoms with E-state index in [0.717, 1.165) is 31.2 Å². The van der Waals surface area contributed by atoms with Gasteiger partial charge in [-0.05, 0) is 37.5 Å². The standard InChI is InChI=1S/C16H25N3O2/c1-12-7-8-14(15(11-12)18-17)16(21)19(9-10-20)13-5-3-2-4-6-13/h7-8,11,13,18,20H,2-6,9-10,17H2,1H3. The highest BCUT2D eigenvalue weighted by Crippen LogP contribution is 2.26. The van der Waals surface area contributed by atoms with E-state index in [0.29, 0.717) is 17.8 Å². The van der Waals surface area contributed by atoms with Crippen LogP contribution < -0.4 is 11.3 Å². The van der Waals surface area contributed by atoms with Crippen molar-refractivity contribution in [3.05, 3.63) is 29.3 Å². The molecular weight excluding hydrogens is 266 g/mol. The summed E-state index contributed by atoms with van der Waals surface area (Å²) in [6, 6.07) is 5.81. The first-order valence-electron chi connectivity index (χ1n) is 7.66. The molecule has 4 N–H and O–H groups in total. The molecule has 0 aromatic heterocycles. The van der Waals surface area contributed by atoms with Crippen LogP contribution >= 0.6 is 0 Å². The summed E-state index contributed by atoms with van der Waals surface area (Å²) in [7, 11) is 0. The number of rotatable bonds is 5.